The number of benzene rings is 2. The molecule has 0 spiro atoms. The van der Waals surface area contributed by atoms with E-state index in [0.29, 0.717) is 26.2 Å². The summed E-state index contributed by atoms with van der Waals surface area (Å²) in [5.74, 6) is 1.46. The second-order valence-corrected chi connectivity index (χ2v) is 10.3. The summed E-state index contributed by atoms with van der Waals surface area (Å²) in [5.41, 5.74) is 2.75. The summed E-state index contributed by atoms with van der Waals surface area (Å²) in [6.45, 7) is 4.38. The fourth-order valence-corrected chi connectivity index (χ4v) is 5.29. The Kier molecular flexibility index (Phi) is 8.78. The number of methoxy groups -OCH3 is 2. The average molecular weight is 535 g/mol. The van der Waals surface area contributed by atoms with Gasteiger partial charge in [-0.25, -0.2) is 5.01 Å². The van der Waals surface area contributed by atoms with Crippen LogP contribution >= 0.6 is 0 Å². The van der Waals surface area contributed by atoms with Crippen LogP contribution in [0.3, 0.4) is 0 Å². The molecule has 1 saturated carbocycles. The van der Waals surface area contributed by atoms with Gasteiger partial charge in [0.2, 0.25) is 5.91 Å². The lowest BCUT2D eigenvalue weighted by Crippen LogP contribution is -2.49. The standard InChI is InChI=1S/C30H38N4O5/c1-37-25-10-6-22(7-11-25)27-20-28(23-8-12-26(38-2)13-9-23)34(31-27)29(35)21-33(30(36)24-4-3-5-24)15-14-32-16-18-39-19-17-32/h6-13,24,28H,3-5,14-21H2,1-2H3/t28-/m1/s1. The highest BCUT2D eigenvalue weighted by atomic mass is 16.5. The molecule has 1 saturated heterocycles. The van der Waals surface area contributed by atoms with Crippen LogP contribution in [0.4, 0.5) is 0 Å². The fourth-order valence-electron chi connectivity index (χ4n) is 5.29. The minimum atomic E-state index is -0.264. The van der Waals surface area contributed by atoms with Gasteiger partial charge in [-0.1, -0.05) is 18.6 Å². The molecule has 0 N–H and O–H groups in total. The summed E-state index contributed by atoms with van der Waals surface area (Å²) in [7, 11) is 3.27. The Labute approximate surface area is 230 Å². The minimum Gasteiger partial charge on any atom is -0.497 e. The van der Waals surface area contributed by atoms with E-state index in [-0.39, 0.29) is 30.3 Å². The Morgan fingerprint density at radius 1 is 0.974 bits per heavy atom. The van der Waals surface area contributed by atoms with Gasteiger partial charge in [0.25, 0.3) is 5.91 Å². The zero-order valence-corrected chi connectivity index (χ0v) is 22.9. The summed E-state index contributed by atoms with van der Waals surface area (Å²) in [6.07, 6.45) is 3.45. The van der Waals surface area contributed by atoms with Gasteiger partial charge in [-0.3, -0.25) is 14.5 Å². The van der Waals surface area contributed by atoms with Crippen LogP contribution < -0.4 is 9.47 Å². The van der Waals surface area contributed by atoms with Crippen molar-refractivity contribution in [2.45, 2.75) is 31.7 Å². The van der Waals surface area contributed by atoms with Crippen LogP contribution in [0, 0.1) is 5.92 Å². The van der Waals surface area contributed by atoms with Crippen LogP contribution in [0.25, 0.3) is 0 Å². The number of carbonyl (C=O) groups excluding carboxylic acids is 2. The van der Waals surface area contributed by atoms with Crippen LogP contribution in [-0.4, -0.2) is 92.5 Å². The molecule has 2 amide bonds. The van der Waals surface area contributed by atoms with Crippen molar-refractivity contribution in [3.8, 4) is 11.5 Å². The van der Waals surface area contributed by atoms with Crippen LogP contribution in [-0.2, 0) is 14.3 Å². The third-order valence-electron chi connectivity index (χ3n) is 7.97. The summed E-state index contributed by atoms with van der Waals surface area (Å²) in [6, 6.07) is 15.2. The van der Waals surface area contributed by atoms with Crippen molar-refractivity contribution in [1.29, 1.82) is 0 Å². The van der Waals surface area contributed by atoms with E-state index in [4.69, 9.17) is 19.3 Å². The molecule has 1 aliphatic carbocycles. The number of carbonyl (C=O) groups is 2. The van der Waals surface area contributed by atoms with Crippen molar-refractivity contribution in [2.24, 2.45) is 11.0 Å². The molecule has 0 aromatic heterocycles. The van der Waals surface area contributed by atoms with Crippen molar-refractivity contribution < 1.29 is 23.8 Å². The van der Waals surface area contributed by atoms with Gasteiger partial charge in [-0.05, 0) is 60.4 Å². The fraction of sp³-hybridized carbons (Fsp3) is 0.500. The zero-order valence-electron chi connectivity index (χ0n) is 22.9. The van der Waals surface area contributed by atoms with Gasteiger partial charge in [-0.15, -0.1) is 0 Å². The average Bonchev–Trinajstić information content (AvgIpc) is 3.40. The van der Waals surface area contributed by atoms with Gasteiger partial charge in [0.15, 0.2) is 0 Å². The molecule has 9 nitrogen and oxygen atoms in total. The molecule has 1 atom stereocenters. The van der Waals surface area contributed by atoms with Crippen molar-refractivity contribution in [3.63, 3.8) is 0 Å². The minimum absolute atomic E-state index is 0.0196. The van der Waals surface area contributed by atoms with Crippen LogP contribution in [0.2, 0.25) is 0 Å². The maximum absolute atomic E-state index is 13.9. The molecule has 2 heterocycles. The van der Waals surface area contributed by atoms with Gasteiger partial charge < -0.3 is 19.1 Å². The Balaban J connectivity index is 1.37. The van der Waals surface area contributed by atoms with Crippen molar-refractivity contribution in [1.82, 2.24) is 14.8 Å². The van der Waals surface area contributed by atoms with Gasteiger partial charge >= 0.3 is 0 Å². The first-order valence-electron chi connectivity index (χ1n) is 13.8. The van der Waals surface area contributed by atoms with E-state index in [1.165, 1.54) is 0 Å². The van der Waals surface area contributed by atoms with Gasteiger partial charge in [-0.2, -0.15) is 5.10 Å². The maximum atomic E-state index is 13.9. The number of nitrogens with zero attached hydrogens (tertiary/aromatic N) is 4. The Bertz CT molecular complexity index is 1160. The number of hydrogen-bond donors (Lipinski definition) is 0. The molecule has 0 bridgehead atoms. The quantitative estimate of drug-likeness (QED) is 0.465. The second kappa shape index (κ2) is 12.6. The number of morpholine rings is 1. The zero-order chi connectivity index (χ0) is 27.2. The van der Waals surface area contributed by atoms with E-state index in [1.807, 2.05) is 48.5 Å². The first kappa shape index (κ1) is 27.1. The lowest BCUT2D eigenvalue weighted by Gasteiger charge is -2.34. The smallest absolute Gasteiger partial charge is 0.262 e. The van der Waals surface area contributed by atoms with Crippen molar-refractivity contribution in [2.75, 3.05) is 60.2 Å². The van der Waals surface area contributed by atoms with E-state index >= 15 is 0 Å². The third kappa shape index (κ3) is 6.42. The summed E-state index contributed by atoms with van der Waals surface area (Å²) < 4.78 is 16.1. The number of ether oxygens (including phenoxy) is 3. The van der Waals surface area contributed by atoms with Crippen molar-refractivity contribution >= 4 is 17.5 Å². The molecule has 2 aliphatic heterocycles. The van der Waals surface area contributed by atoms with E-state index in [9.17, 15) is 9.59 Å². The number of hydrogen-bond acceptors (Lipinski definition) is 7. The van der Waals surface area contributed by atoms with E-state index in [1.54, 1.807) is 24.1 Å². The van der Waals surface area contributed by atoms with Gasteiger partial charge in [0.05, 0.1) is 39.2 Å². The molecule has 9 heteroatoms. The SMILES string of the molecule is COc1ccc(C2=NN(C(=O)CN(CCN3CCOCC3)C(=O)C3CCC3)[C@@H](c3ccc(OC)cc3)C2)cc1. The summed E-state index contributed by atoms with van der Waals surface area (Å²) >= 11 is 0. The molecule has 5 rings (SSSR count). The third-order valence-corrected chi connectivity index (χ3v) is 7.97. The van der Waals surface area contributed by atoms with Gasteiger partial charge in [0, 0.05) is 38.5 Å². The summed E-state index contributed by atoms with van der Waals surface area (Å²) in [5, 5.41) is 6.40. The van der Waals surface area contributed by atoms with E-state index in [2.05, 4.69) is 4.90 Å². The summed E-state index contributed by atoms with van der Waals surface area (Å²) in [4.78, 5) is 31.3. The highest BCUT2D eigenvalue weighted by molar-refractivity contribution is 6.03. The van der Waals surface area contributed by atoms with Crippen LogP contribution in [0.5, 0.6) is 11.5 Å². The largest absolute Gasteiger partial charge is 0.497 e. The lowest BCUT2D eigenvalue weighted by atomic mass is 9.84. The monoisotopic (exact) mass is 534 g/mol. The Morgan fingerprint density at radius 3 is 2.21 bits per heavy atom. The normalized spacial score (nSPS) is 19.8. The highest BCUT2D eigenvalue weighted by Gasteiger charge is 2.36. The molecule has 3 aliphatic rings. The Morgan fingerprint density at radius 2 is 1.62 bits per heavy atom. The molecule has 0 unspecified atom stereocenters. The van der Waals surface area contributed by atoms with Gasteiger partial charge in [0.1, 0.15) is 18.0 Å². The lowest BCUT2D eigenvalue weighted by molar-refractivity contribution is -0.145. The van der Waals surface area contributed by atoms with Crippen LogP contribution in [0.15, 0.2) is 53.6 Å². The predicted molar refractivity (Wildman–Crippen MR) is 148 cm³/mol. The van der Waals surface area contributed by atoms with E-state index in [0.717, 1.165) is 67.2 Å². The molecule has 2 fully saturated rings. The Hall–Kier alpha value is -3.43. The van der Waals surface area contributed by atoms with Crippen LogP contribution in [0.1, 0.15) is 42.9 Å². The number of amides is 2. The molecule has 0 radical (unpaired) electrons. The molecule has 2 aromatic rings. The molecule has 39 heavy (non-hydrogen) atoms. The topological polar surface area (TPSA) is 83.9 Å². The van der Waals surface area contributed by atoms with Crippen molar-refractivity contribution in [3.05, 3.63) is 59.7 Å². The second-order valence-electron chi connectivity index (χ2n) is 10.3. The first-order valence-corrected chi connectivity index (χ1v) is 13.8. The molecule has 208 valence electrons. The highest BCUT2D eigenvalue weighted by Crippen LogP contribution is 2.34. The molecule has 2 aromatic carbocycles. The number of hydrazone groups is 1. The molecular weight excluding hydrogens is 496 g/mol. The first-order chi connectivity index (χ1) is 19.1. The maximum Gasteiger partial charge on any atom is 0.262 e. The predicted octanol–water partition coefficient (Wildman–Crippen LogP) is 3.34. The number of rotatable bonds is 10. The molecular formula is C30H38N4O5. The van der Waals surface area contributed by atoms with E-state index < -0.39 is 0 Å².